The van der Waals surface area contributed by atoms with E-state index in [1.807, 2.05) is 37.3 Å². The van der Waals surface area contributed by atoms with Crippen LogP contribution in [0.4, 0.5) is 0 Å². The van der Waals surface area contributed by atoms with Gasteiger partial charge in [0.2, 0.25) is 5.82 Å². The Kier molecular flexibility index (Phi) is 4.50. The van der Waals surface area contributed by atoms with Crippen molar-refractivity contribution in [2.45, 2.75) is 38.6 Å². The number of ketones is 1. The van der Waals surface area contributed by atoms with Gasteiger partial charge in [-0.25, -0.2) is 9.67 Å². The Hall–Kier alpha value is -2.50. The number of aromatic nitrogens is 3. The third kappa shape index (κ3) is 3.16. The number of Topliss-reactive ketones (excluding diaryl/α,β-unsaturated/α-hetero) is 1. The highest BCUT2D eigenvalue weighted by Gasteiger charge is 2.33. The zero-order valence-corrected chi connectivity index (χ0v) is 13.2. The average molecular weight is 312 g/mol. The molecule has 2 heterocycles. The van der Waals surface area contributed by atoms with Gasteiger partial charge in [0.25, 0.3) is 5.91 Å². The van der Waals surface area contributed by atoms with Crippen LogP contribution in [0.1, 0.15) is 43.2 Å². The second-order valence-electron chi connectivity index (χ2n) is 5.68. The molecule has 6 heteroatoms. The van der Waals surface area contributed by atoms with Gasteiger partial charge in [-0.15, -0.1) is 5.10 Å². The number of likely N-dealkylation sites (tertiary alicyclic amines) is 1. The minimum atomic E-state index is -0.329. The van der Waals surface area contributed by atoms with E-state index in [4.69, 9.17) is 0 Å². The highest BCUT2D eigenvalue weighted by atomic mass is 16.2. The average Bonchev–Trinajstić information content (AvgIpc) is 3.11. The molecule has 0 bridgehead atoms. The second kappa shape index (κ2) is 6.73. The van der Waals surface area contributed by atoms with Crippen LogP contribution in [0.25, 0.3) is 5.69 Å². The summed E-state index contributed by atoms with van der Waals surface area (Å²) in [7, 11) is 0. The molecule has 2 aromatic rings. The molecule has 1 amide bonds. The largest absolute Gasteiger partial charge is 0.326 e. The standard InChI is InChI=1S/C17H20N4O2/c1-2-15(22)14-10-6-7-11-20(14)17(23)16-18-12-21(19-16)13-8-4-3-5-9-13/h3-5,8-9,12,14H,2,6-7,10-11H2,1H3/t14-/m0/s1. The molecule has 120 valence electrons. The monoisotopic (exact) mass is 312 g/mol. The van der Waals surface area contributed by atoms with Gasteiger partial charge in [0.05, 0.1) is 11.7 Å². The van der Waals surface area contributed by atoms with Crippen molar-refractivity contribution in [2.24, 2.45) is 0 Å². The Balaban J connectivity index is 1.82. The Labute approximate surface area is 135 Å². The first kappa shape index (κ1) is 15.4. The number of piperidine rings is 1. The number of hydrogen-bond acceptors (Lipinski definition) is 4. The number of hydrogen-bond donors (Lipinski definition) is 0. The zero-order valence-electron chi connectivity index (χ0n) is 13.2. The van der Waals surface area contributed by atoms with Gasteiger partial charge in [-0.1, -0.05) is 25.1 Å². The van der Waals surface area contributed by atoms with Crippen molar-refractivity contribution < 1.29 is 9.59 Å². The van der Waals surface area contributed by atoms with E-state index < -0.39 is 0 Å². The summed E-state index contributed by atoms with van der Waals surface area (Å²) < 4.78 is 1.58. The lowest BCUT2D eigenvalue weighted by Crippen LogP contribution is -2.48. The molecule has 0 saturated carbocycles. The van der Waals surface area contributed by atoms with Gasteiger partial charge in [0.15, 0.2) is 5.78 Å². The maximum absolute atomic E-state index is 12.7. The summed E-state index contributed by atoms with van der Waals surface area (Å²) in [6, 6.07) is 9.18. The highest BCUT2D eigenvalue weighted by Crippen LogP contribution is 2.20. The maximum atomic E-state index is 12.7. The summed E-state index contributed by atoms with van der Waals surface area (Å²) in [6.45, 7) is 2.43. The molecule has 1 aliphatic rings. The quantitative estimate of drug-likeness (QED) is 0.868. The molecule has 0 unspecified atom stereocenters. The molecule has 0 radical (unpaired) electrons. The molecule has 1 atom stereocenters. The number of amides is 1. The van der Waals surface area contributed by atoms with Crippen molar-refractivity contribution >= 4 is 11.7 Å². The minimum absolute atomic E-state index is 0.112. The molecule has 3 rings (SSSR count). The van der Waals surface area contributed by atoms with Crippen LogP contribution in [0.5, 0.6) is 0 Å². The van der Waals surface area contributed by atoms with Gasteiger partial charge < -0.3 is 4.90 Å². The molecule has 0 aliphatic carbocycles. The van der Waals surface area contributed by atoms with Crippen LogP contribution >= 0.6 is 0 Å². The first-order valence-electron chi connectivity index (χ1n) is 8.01. The lowest BCUT2D eigenvalue weighted by molar-refractivity contribution is -0.124. The first-order chi connectivity index (χ1) is 11.2. The smallest absolute Gasteiger partial charge is 0.294 e. The summed E-state index contributed by atoms with van der Waals surface area (Å²) in [6.07, 6.45) is 4.60. The van der Waals surface area contributed by atoms with Crippen molar-refractivity contribution in [3.05, 3.63) is 42.5 Å². The van der Waals surface area contributed by atoms with Crippen LogP contribution in [-0.4, -0.2) is 43.9 Å². The van der Waals surface area contributed by atoms with Crippen molar-refractivity contribution in [2.75, 3.05) is 6.54 Å². The van der Waals surface area contributed by atoms with Crippen LogP contribution in [0.2, 0.25) is 0 Å². The third-order valence-corrected chi connectivity index (χ3v) is 4.19. The number of nitrogens with zero attached hydrogens (tertiary/aromatic N) is 4. The van der Waals surface area contributed by atoms with E-state index in [9.17, 15) is 9.59 Å². The second-order valence-corrected chi connectivity index (χ2v) is 5.68. The molecule has 1 saturated heterocycles. The number of para-hydroxylation sites is 1. The van der Waals surface area contributed by atoms with E-state index in [1.165, 1.54) is 6.33 Å². The summed E-state index contributed by atoms with van der Waals surface area (Å²) in [5, 5.41) is 4.28. The van der Waals surface area contributed by atoms with Crippen molar-refractivity contribution in [3.63, 3.8) is 0 Å². The Bertz CT molecular complexity index is 696. The number of benzene rings is 1. The predicted molar refractivity (Wildman–Crippen MR) is 85.3 cm³/mol. The van der Waals surface area contributed by atoms with E-state index in [0.29, 0.717) is 13.0 Å². The topological polar surface area (TPSA) is 68.1 Å². The molecule has 0 spiro atoms. The van der Waals surface area contributed by atoms with Crippen LogP contribution < -0.4 is 0 Å². The van der Waals surface area contributed by atoms with E-state index >= 15 is 0 Å². The van der Waals surface area contributed by atoms with E-state index in [1.54, 1.807) is 9.58 Å². The molecular formula is C17H20N4O2. The summed E-state index contributed by atoms with van der Waals surface area (Å²) >= 11 is 0. The fraction of sp³-hybridized carbons (Fsp3) is 0.412. The molecule has 23 heavy (non-hydrogen) atoms. The summed E-state index contributed by atoms with van der Waals surface area (Å²) in [5.74, 6) is -0.00335. The van der Waals surface area contributed by atoms with Gasteiger partial charge in [0.1, 0.15) is 6.33 Å². The number of carbonyl (C=O) groups excluding carboxylic acids is 2. The molecule has 1 aromatic heterocycles. The van der Waals surface area contributed by atoms with Crippen LogP contribution in [0.15, 0.2) is 36.7 Å². The molecule has 0 N–H and O–H groups in total. The van der Waals surface area contributed by atoms with Crippen LogP contribution in [0.3, 0.4) is 0 Å². The van der Waals surface area contributed by atoms with E-state index in [2.05, 4.69) is 10.1 Å². The van der Waals surface area contributed by atoms with E-state index in [-0.39, 0.29) is 23.6 Å². The fourth-order valence-corrected chi connectivity index (χ4v) is 2.94. The summed E-state index contributed by atoms with van der Waals surface area (Å²) in [4.78, 5) is 30.6. The van der Waals surface area contributed by atoms with Crippen molar-refractivity contribution in [1.82, 2.24) is 19.7 Å². The van der Waals surface area contributed by atoms with Crippen molar-refractivity contribution in [1.29, 1.82) is 0 Å². The van der Waals surface area contributed by atoms with Gasteiger partial charge in [-0.05, 0) is 31.4 Å². The van der Waals surface area contributed by atoms with E-state index in [0.717, 1.165) is 24.9 Å². The molecule has 6 nitrogen and oxygen atoms in total. The van der Waals surface area contributed by atoms with Gasteiger partial charge >= 0.3 is 0 Å². The fourth-order valence-electron chi connectivity index (χ4n) is 2.94. The molecular weight excluding hydrogens is 292 g/mol. The zero-order chi connectivity index (χ0) is 16.2. The lowest BCUT2D eigenvalue weighted by atomic mass is 9.97. The van der Waals surface area contributed by atoms with Crippen LogP contribution in [0, 0.1) is 0 Å². The normalized spacial score (nSPS) is 18.0. The van der Waals surface area contributed by atoms with Gasteiger partial charge in [-0.3, -0.25) is 9.59 Å². The Morgan fingerprint density at radius 2 is 2.00 bits per heavy atom. The number of carbonyl (C=O) groups is 2. The first-order valence-corrected chi connectivity index (χ1v) is 8.01. The van der Waals surface area contributed by atoms with Gasteiger partial charge in [-0.2, -0.15) is 0 Å². The third-order valence-electron chi connectivity index (χ3n) is 4.19. The predicted octanol–water partition coefficient (Wildman–Crippen LogP) is 2.24. The number of rotatable bonds is 4. The van der Waals surface area contributed by atoms with Gasteiger partial charge in [0, 0.05) is 13.0 Å². The summed E-state index contributed by atoms with van der Waals surface area (Å²) in [5.41, 5.74) is 0.846. The molecule has 1 fully saturated rings. The van der Waals surface area contributed by atoms with Crippen molar-refractivity contribution in [3.8, 4) is 5.69 Å². The highest BCUT2D eigenvalue weighted by molar-refractivity contribution is 5.95. The Morgan fingerprint density at radius 3 is 2.74 bits per heavy atom. The SMILES string of the molecule is CCC(=O)[C@@H]1CCCCN1C(=O)c1ncn(-c2ccccc2)n1. The van der Waals surface area contributed by atoms with Crippen LogP contribution in [-0.2, 0) is 4.79 Å². The Morgan fingerprint density at radius 1 is 1.22 bits per heavy atom. The molecule has 1 aliphatic heterocycles. The minimum Gasteiger partial charge on any atom is -0.326 e. The lowest BCUT2D eigenvalue weighted by Gasteiger charge is -2.33. The molecule has 1 aromatic carbocycles. The maximum Gasteiger partial charge on any atom is 0.294 e.